The largest absolute Gasteiger partial charge is 0.493 e. The van der Waals surface area contributed by atoms with Crippen LogP contribution in [0.25, 0.3) is 0 Å². The molecule has 0 bridgehead atoms. The van der Waals surface area contributed by atoms with Crippen LogP contribution in [-0.4, -0.2) is 36.5 Å². The summed E-state index contributed by atoms with van der Waals surface area (Å²) in [6, 6.07) is 9.77. The third-order valence-electron chi connectivity index (χ3n) is 3.77. The molecule has 1 fully saturated rings. The quantitative estimate of drug-likeness (QED) is 0.878. The Balaban J connectivity index is 1.78. The molecule has 1 heterocycles. The van der Waals surface area contributed by atoms with Crippen LogP contribution in [0.4, 0.5) is 0 Å². The molecule has 1 aliphatic rings. The van der Waals surface area contributed by atoms with Gasteiger partial charge < -0.3 is 15.4 Å². The summed E-state index contributed by atoms with van der Waals surface area (Å²) in [6.07, 6.45) is 1.46. The number of benzene rings is 1. The molecule has 4 nitrogen and oxygen atoms in total. The van der Waals surface area contributed by atoms with E-state index >= 15 is 0 Å². The molecule has 2 rings (SSSR count). The second-order valence-corrected chi connectivity index (χ2v) is 5.07. The second kappa shape index (κ2) is 6.57. The monoisotopic (exact) mass is 262 g/mol. The summed E-state index contributed by atoms with van der Waals surface area (Å²) in [4.78, 5) is 14.1. The van der Waals surface area contributed by atoms with Gasteiger partial charge in [0.05, 0.1) is 13.0 Å². The molecule has 0 spiro atoms. The normalized spacial score (nSPS) is 22.5. The van der Waals surface area contributed by atoms with Crippen molar-refractivity contribution in [1.29, 1.82) is 0 Å². The van der Waals surface area contributed by atoms with E-state index < -0.39 is 0 Å². The predicted octanol–water partition coefficient (Wildman–Crippen LogP) is 1.65. The number of carbonyl (C=O) groups is 1. The Kier molecular flexibility index (Phi) is 4.80. The highest BCUT2D eigenvalue weighted by Crippen LogP contribution is 2.23. The van der Waals surface area contributed by atoms with Gasteiger partial charge >= 0.3 is 0 Å². The summed E-state index contributed by atoms with van der Waals surface area (Å²) in [5.74, 6) is 1.46. The highest BCUT2D eigenvalue weighted by Gasteiger charge is 2.32. The minimum absolute atomic E-state index is 0.149. The molecule has 4 heteroatoms. The van der Waals surface area contributed by atoms with Crippen LogP contribution >= 0.6 is 0 Å². The maximum atomic E-state index is 12.1. The van der Waals surface area contributed by atoms with Gasteiger partial charge in [-0.2, -0.15) is 0 Å². The molecule has 1 aromatic rings. The van der Waals surface area contributed by atoms with Gasteiger partial charge in [0, 0.05) is 19.1 Å². The zero-order valence-corrected chi connectivity index (χ0v) is 11.4. The zero-order chi connectivity index (χ0) is 13.7. The van der Waals surface area contributed by atoms with Crippen molar-refractivity contribution >= 4 is 5.91 Å². The molecule has 1 aromatic carbocycles. The number of hydrogen-bond acceptors (Lipinski definition) is 3. The fourth-order valence-corrected chi connectivity index (χ4v) is 2.59. The van der Waals surface area contributed by atoms with Crippen molar-refractivity contribution in [3.8, 4) is 5.75 Å². The second-order valence-electron chi connectivity index (χ2n) is 5.07. The molecule has 19 heavy (non-hydrogen) atoms. The molecule has 2 N–H and O–H groups in total. The molecular weight excluding hydrogens is 240 g/mol. The predicted molar refractivity (Wildman–Crippen MR) is 74.9 cm³/mol. The number of amides is 1. The summed E-state index contributed by atoms with van der Waals surface area (Å²) in [6.45, 7) is 3.95. The SMILES string of the molecule is CC1CCN(C(=O)CCOc2ccccc2)C1CN. The number of hydrogen-bond donors (Lipinski definition) is 1. The van der Waals surface area contributed by atoms with E-state index in [9.17, 15) is 4.79 Å². The Morgan fingerprint density at radius 1 is 1.42 bits per heavy atom. The van der Waals surface area contributed by atoms with Gasteiger partial charge in [-0.25, -0.2) is 0 Å². The van der Waals surface area contributed by atoms with Gasteiger partial charge in [-0.05, 0) is 24.5 Å². The molecule has 2 atom stereocenters. The fourth-order valence-electron chi connectivity index (χ4n) is 2.59. The summed E-state index contributed by atoms with van der Waals surface area (Å²) >= 11 is 0. The van der Waals surface area contributed by atoms with Gasteiger partial charge in [-0.1, -0.05) is 25.1 Å². The lowest BCUT2D eigenvalue weighted by Gasteiger charge is -2.25. The average Bonchev–Trinajstić information content (AvgIpc) is 2.81. The lowest BCUT2D eigenvalue weighted by Crippen LogP contribution is -2.42. The number of carbonyl (C=O) groups excluding carboxylic acids is 1. The van der Waals surface area contributed by atoms with E-state index in [1.54, 1.807) is 0 Å². The number of ether oxygens (including phenoxy) is 1. The van der Waals surface area contributed by atoms with Gasteiger partial charge in [-0.15, -0.1) is 0 Å². The highest BCUT2D eigenvalue weighted by molar-refractivity contribution is 5.77. The van der Waals surface area contributed by atoms with E-state index in [0.29, 0.717) is 25.5 Å². The minimum atomic E-state index is 0.149. The van der Waals surface area contributed by atoms with Gasteiger partial charge in [0.2, 0.25) is 5.91 Å². The fraction of sp³-hybridized carbons (Fsp3) is 0.533. The Bertz CT molecular complexity index is 408. The topological polar surface area (TPSA) is 55.6 Å². The van der Waals surface area contributed by atoms with Crippen molar-refractivity contribution in [1.82, 2.24) is 4.90 Å². The molecule has 1 amide bonds. The molecule has 0 aromatic heterocycles. The van der Waals surface area contributed by atoms with E-state index in [-0.39, 0.29) is 11.9 Å². The lowest BCUT2D eigenvalue weighted by molar-refractivity contribution is -0.132. The van der Waals surface area contributed by atoms with Gasteiger partial charge in [-0.3, -0.25) is 4.79 Å². The maximum absolute atomic E-state index is 12.1. The molecule has 0 radical (unpaired) electrons. The maximum Gasteiger partial charge on any atom is 0.226 e. The van der Waals surface area contributed by atoms with Crippen LogP contribution in [0.2, 0.25) is 0 Å². The first-order valence-electron chi connectivity index (χ1n) is 6.89. The van der Waals surface area contributed by atoms with Crippen LogP contribution in [0.3, 0.4) is 0 Å². The number of para-hydroxylation sites is 1. The van der Waals surface area contributed by atoms with Gasteiger partial charge in [0.25, 0.3) is 0 Å². The Morgan fingerprint density at radius 3 is 2.84 bits per heavy atom. The molecule has 1 saturated heterocycles. The van der Waals surface area contributed by atoms with Crippen molar-refractivity contribution in [3.05, 3.63) is 30.3 Å². The van der Waals surface area contributed by atoms with E-state index in [1.807, 2.05) is 35.2 Å². The Labute approximate surface area is 114 Å². The summed E-state index contributed by atoms with van der Waals surface area (Å²) in [5, 5.41) is 0. The smallest absolute Gasteiger partial charge is 0.226 e. The van der Waals surface area contributed by atoms with Crippen LogP contribution in [-0.2, 0) is 4.79 Å². The summed E-state index contributed by atoms with van der Waals surface area (Å²) < 4.78 is 5.55. The van der Waals surface area contributed by atoms with E-state index in [1.165, 1.54) is 0 Å². The van der Waals surface area contributed by atoms with Crippen LogP contribution in [0.1, 0.15) is 19.8 Å². The first-order valence-corrected chi connectivity index (χ1v) is 6.89. The van der Waals surface area contributed by atoms with Gasteiger partial charge in [0.1, 0.15) is 5.75 Å². The Morgan fingerprint density at radius 2 is 2.16 bits per heavy atom. The van der Waals surface area contributed by atoms with Crippen molar-refractivity contribution in [2.75, 3.05) is 19.7 Å². The molecule has 0 saturated carbocycles. The van der Waals surface area contributed by atoms with E-state index in [0.717, 1.165) is 18.7 Å². The van der Waals surface area contributed by atoms with Crippen LogP contribution in [0.5, 0.6) is 5.75 Å². The summed E-state index contributed by atoms with van der Waals surface area (Å²) in [5.41, 5.74) is 5.75. The first kappa shape index (κ1) is 13.9. The molecule has 0 aliphatic carbocycles. The number of nitrogens with zero attached hydrogens (tertiary/aromatic N) is 1. The van der Waals surface area contributed by atoms with Crippen LogP contribution < -0.4 is 10.5 Å². The highest BCUT2D eigenvalue weighted by atomic mass is 16.5. The van der Waals surface area contributed by atoms with E-state index in [4.69, 9.17) is 10.5 Å². The minimum Gasteiger partial charge on any atom is -0.493 e. The number of likely N-dealkylation sites (tertiary alicyclic amines) is 1. The third kappa shape index (κ3) is 3.47. The summed E-state index contributed by atoms with van der Waals surface area (Å²) in [7, 11) is 0. The van der Waals surface area contributed by atoms with Crippen LogP contribution in [0, 0.1) is 5.92 Å². The van der Waals surface area contributed by atoms with Crippen molar-refractivity contribution in [2.45, 2.75) is 25.8 Å². The molecule has 1 aliphatic heterocycles. The standard InChI is InChI=1S/C15H22N2O2/c1-12-7-9-17(14(12)11-16)15(18)8-10-19-13-5-3-2-4-6-13/h2-6,12,14H,7-11,16H2,1H3. The average molecular weight is 262 g/mol. The van der Waals surface area contributed by atoms with Crippen LogP contribution in [0.15, 0.2) is 30.3 Å². The molecule has 2 unspecified atom stereocenters. The lowest BCUT2D eigenvalue weighted by atomic mass is 10.0. The third-order valence-corrected chi connectivity index (χ3v) is 3.77. The van der Waals surface area contributed by atoms with Crippen molar-refractivity contribution in [2.24, 2.45) is 11.7 Å². The zero-order valence-electron chi connectivity index (χ0n) is 11.4. The van der Waals surface area contributed by atoms with Gasteiger partial charge in [0.15, 0.2) is 0 Å². The van der Waals surface area contributed by atoms with Crippen molar-refractivity contribution in [3.63, 3.8) is 0 Å². The van der Waals surface area contributed by atoms with E-state index in [2.05, 4.69) is 6.92 Å². The number of nitrogens with two attached hydrogens (primary N) is 1. The Hall–Kier alpha value is -1.55. The van der Waals surface area contributed by atoms with Crippen molar-refractivity contribution < 1.29 is 9.53 Å². The number of rotatable bonds is 5. The first-order chi connectivity index (χ1) is 9.22. The molecule has 104 valence electrons. The molecular formula is C15H22N2O2.